The number of nitrogens with zero attached hydrogens (tertiary/aromatic N) is 1. The van der Waals surface area contributed by atoms with Crippen molar-refractivity contribution in [3.8, 4) is 0 Å². The molecule has 0 atom stereocenters. The highest BCUT2D eigenvalue weighted by atomic mass is 32.1. The molecule has 7 nitrogen and oxygen atoms in total. The normalized spacial score (nSPS) is 10.8. The molecule has 0 aliphatic heterocycles. The number of ether oxygens (including phenoxy) is 1. The first-order valence-electron chi connectivity index (χ1n) is 10.0. The second kappa shape index (κ2) is 14.0. The van der Waals surface area contributed by atoms with Crippen LogP contribution in [0, 0.1) is 19.7 Å². The lowest BCUT2D eigenvalue weighted by Crippen LogP contribution is -2.31. The van der Waals surface area contributed by atoms with Gasteiger partial charge in [-0.2, -0.15) is 0 Å². The Bertz CT molecular complexity index is 943. The Labute approximate surface area is 192 Å². The van der Waals surface area contributed by atoms with Crippen molar-refractivity contribution in [2.45, 2.75) is 27.7 Å². The Hall–Kier alpha value is -3.17. The highest BCUT2D eigenvalue weighted by molar-refractivity contribution is 7.11. The second-order valence-electron chi connectivity index (χ2n) is 6.30. The maximum Gasteiger partial charge on any atom is 0.279 e. The highest BCUT2D eigenvalue weighted by Crippen LogP contribution is 2.30. The number of hydrogen-bond donors (Lipinski definition) is 2. The maximum atomic E-state index is 14.4. The van der Waals surface area contributed by atoms with Crippen molar-refractivity contribution >= 4 is 34.9 Å². The van der Waals surface area contributed by atoms with E-state index in [1.165, 1.54) is 35.6 Å². The number of benzene rings is 1. The van der Waals surface area contributed by atoms with Crippen LogP contribution in [0.15, 0.2) is 48.3 Å². The number of hydrogen-bond acceptors (Lipinski definition) is 6. The molecule has 0 saturated heterocycles. The Morgan fingerprint density at radius 2 is 1.97 bits per heavy atom. The van der Waals surface area contributed by atoms with E-state index in [2.05, 4.69) is 17.4 Å². The lowest BCUT2D eigenvalue weighted by molar-refractivity contribution is -0.128. The summed E-state index contributed by atoms with van der Waals surface area (Å²) in [7, 11) is 1.47. The smallest absolute Gasteiger partial charge is 0.279 e. The van der Waals surface area contributed by atoms with Gasteiger partial charge in [0.2, 0.25) is 6.41 Å². The highest BCUT2D eigenvalue weighted by Gasteiger charge is 2.24. The van der Waals surface area contributed by atoms with Crippen LogP contribution in [0.2, 0.25) is 0 Å². The predicted molar refractivity (Wildman–Crippen MR) is 126 cm³/mol. The van der Waals surface area contributed by atoms with E-state index in [1.807, 2.05) is 32.2 Å². The van der Waals surface area contributed by atoms with Gasteiger partial charge in [-0.15, -0.1) is 11.3 Å². The molecule has 0 spiro atoms. The van der Waals surface area contributed by atoms with E-state index < -0.39 is 11.7 Å². The molecule has 0 bridgehead atoms. The van der Waals surface area contributed by atoms with Gasteiger partial charge in [0.05, 0.1) is 17.5 Å². The van der Waals surface area contributed by atoms with Crippen LogP contribution in [-0.2, 0) is 19.2 Å². The average Bonchev–Trinajstić information content (AvgIpc) is 3.21. The predicted octanol–water partition coefficient (Wildman–Crippen LogP) is 4.61. The number of nitrogens with one attached hydrogen (secondary N) is 2. The average molecular weight is 464 g/mol. The van der Waals surface area contributed by atoms with Gasteiger partial charge in [0.25, 0.3) is 5.91 Å². The number of anilines is 1. The maximum absolute atomic E-state index is 14.4. The number of hydroxylamine groups is 1. The summed E-state index contributed by atoms with van der Waals surface area (Å²) in [5.41, 5.74) is 4.18. The van der Waals surface area contributed by atoms with Crippen molar-refractivity contribution in [1.29, 1.82) is 0 Å². The van der Waals surface area contributed by atoms with E-state index in [0.29, 0.717) is 11.3 Å². The molecule has 2 rings (SSSR count). The van der Waals surface area contributed by atoms with Crippen LogP contribution in [0.25, 0.3) is 5.57 Å². The number of amides is 2. The van der Waals surface area contributed by atoms with E-state index in [-0.39, 0.29) is 30.3 Å². The first-order valence-corrected chi connectivity index (χ1v) is 10.9. The Morgan fingerprint density at radius 3 is 2.53 bits per heavy atom. The van der Waals surface area contributed by atoms with Gasteiger partial charge in [-0.05, 0) is 48.6 Å². The summed E-state index contributed by atoms with van der Waals surface area (Å²) in [5.74, 6) is -0.989. The molecular formula is C23H30FN3O4S. The quantitative estimate of drug-likeness (QED) is 0.167. The van der Waals surface area contributed by atoms with Crippen LogP contribution >= 0.6 is 11.3 Å². The third kappa shape index (κ3) is 7.51. The molecule has 2 N–H and O–H groups in total. The number of carbonyl (C=O) groups is 2. The molecule has 1 aromatic carbocycles. The largest absolute Gasteiger partial charge is 0.499 e. The van der Waals surface area contributed by atoms with E-state index in [1.54, 1.807) is 19.1 Å². The molecule has 0 saturated carbocycles. The van der Waals surface area contributed by atoms with Gasteiger partial charge in [0.15, 0.2) is 0 Å². The molecule has 1 aromatic heterocycles. The third-order valence-electron chi connectivity index (χ3n) is 4.03. The van der Waals surface area contributed by atoms with E-state index in [9.17, 15) is 14.0 Å². The standard InChI is InChI=1S/C21H24FN3O4S.C2H6/c1-5-28-9-10-29-24-21(27)18(19-15(3)8-11-30-19)20(25(4)13-26)23-17-7-6-14(2)12-16(17)22;1-2/h5-8,11-13,23H,1,9-10H2,2-4H3,(H,24,27);1-2H3/b20-18+;. The number of carbonyl (C=O) groups excluding carboxylic acids is 2. The summed E-state index contributed by atoms with van der Waals surface area (Å²) in [6.07, 6.45) is 1.80. The first-order chi connectivity index (χ1) is 15.4. The molecule has 9 heteroatoms. The Balaban J connectivity index is 0.00000249. The molecule has 0 aliphatic rings. The van der Waals surface area contributed by atoms with Gasteiger partial charge in [-0.1, -0.05) is 26.5 Å². The van der Waals surface area contributed by atoms with Gasteiger partial charge in [0, 0.05) is 11.9 Å². The fourth-order valence-electron chi connectivity index (χ4n) is 2.52. The SMILES string of the molecule is C=COCCONC(=O)/C(=C(\Nc1ccc(C)cc1F)N(C)C=O)c1sccc1C.CC. The molecule has 2 aromatic rings. The topological polar surface area (TPSA) is 79.9 Å². The fraction of sp³-hybridized carbons (Fsp3) is 0.304. The van der Waals surface area contributed by atoms with Crippen molar-refractivity contribution in [2.24, 2.45) is 0 Å². The number of rotatable bonds is 11. The first kappa shape index (κ1) is 26.9. The molecule has 32 heavy (non-hydrogen) atoms. The minimum absolute atomic E-state index is 0.0906. The molecule has 0 aliphatic carbocycles. The molecule has 2 amide bonds. The summed E-state index contributed by atoms with van der Waals surface area (Å²) < 4.78 is 19.4. The van der Waals surface area contributed by atoms with Gasteiger partial charge < -0.3 is 15.0 Å². The van der Waals surface area contributed by atoms with Gasteiger partial charge in [-0.3, -0.25) is 14.4 Å². The van der Waals surface area contributed by atoms with Crippen LogP contribution in [0.3, 0.4) is 0 Å². The zero-order chi connectivity index (χ0) is 24.1. The third-order valence-corrected chi connectivity index (χ3v) is 5.06. The van der Waals surface area contributed by atoms with E-state index in [0.717, 1.165) is 11.1 Å². The zero-order valence-electron chi connectivity index (χ0n) is 19.0. The summed E-state index contributed by atoms with van der Waals surface area (Å²) in [6, 6.07) is 6.47. The summed E-state index contributed by atoms with van der Waals surface area (Å²) in [6.45, 7) is 11.3. The summed E-state index contributed by atoms with van der Waals surface area (Å²) in [4.78, 5) is 31.5. The molecule has 1 heterocycles. The second-order valence-corrected chi connectivity index (χ2v) is 7.21. The van der Waals surface area contributed by atoms with Gasteiger partial charge in [0.1, 0.15) is 24.9 Å². The van der Waals surface area contributed by atoms with Crippen LogP contribution in [0.5, 0.6) is 0 Å². The minimum atomic E-state index is -0.595. The molecule has 174 valence electrons. The molecule has 0 fully saturated rings. The number of aryl methyl sites for hydroxylation is 2. The van der Waals surface area contributed by atoms with Crippen molar-refractivity contribution in [2.75, 3.05) is 25.6 Å². The lowest BCUT2D eigenvalue weighted by atomic mass is 10.1. The molecule has 0 radical (unpaired) electrons. The summed E-state index contributed by atoms with van der Waals surface area (Å²) in [5, 5.41) is 4.71. The zero-order valence-corrected chi connectivity index (χ0v) is 19.8. The van der Waals surface area contributed by atoms with E-state index in [4.69, 9.17) is 9.57 Å². The van der Waals surface area contributed by atoms with Crippen LogP contribution in [0.4, 0.5) is 10.1 Å². The van der Waals surface area contributed by atoms with Gasteiger partial charge >= 0.3 is 0 Å². The molecule has 0 unspecified atom stereocenters. The number of thiophene rings is 1. The monoisotopic (exact) mass is 463 g/mol. The summed E-state index contributed by atoms with van der Waals surface area (Å²) >= 11 is 1.32. The van der Waals surface area contributed by atoms with Crippen LogP contribution in [-0.4, -0.2) is 37.5 Å². The van der Waals surface area contributed by atoms with Gasteiger partial charge in [-0.25, -0.2) is 9.87 Å². The van der Waals surface area contributed by atoms with Crippen molar-refractivity contribution in [3.05, 3.63) is 70.1 Å². The van der Waals surface area contributed by atoms with Crippen molar-refractivity contribution in [1.82, 2.24) is 10.4 Å². The van der Waals surface area contributed by atoms with Crippen LogP contribution in [0.1, 0.15) is 29.9 Å². The lowest BCUT2D eigenvalue weighted by Gasteiger charge is -2.22. The van der Waals surface area contributed by atoms with Crippen molar-refractivity contribution in [3.63, 3.8) is 0 Å². The fourth-order valence-corrected chi connectivity index (χ4v) is 3.49. The Morgan fingerprint density at radius 1 is 1.25 bits per heavy atom. The molecular weight excluding hydrogens is 433 g/mol. The minimum Gasteiger partial charge on any atom is -0.499 e. The van der Waals surface area contributed by atoms with Crippen LogP contribution < -0.4 is 10.8 Å². The Kier molecular flexibility index (Phi) is 11.8. The van der Waals surface area contributed by atoms with E-state index >= 15 is 0 Å². The number of halogens is 1. The van der Waals surface area contributed by atoms with Crippen molar-refractivity contribution < 1.29 is 23.6 Å².